The van der Waals surface area contributed by atoms with Gasteiger partial charge in [0.25, 0.3) is 0 Å². The molecule has 3 heterocycles. The van der Waals surface area contributed by atoms with Gasteiger partial charge >= 0.3 is 5.97 Å². The van der Waals surface area contributed by atoms with Crippen LogP contribution in [0.25, 0.3) is 10.8 Å². The molecule has 3 aliphatic heterocycles. The van der Waals surface area contributed by atoms with Gasteiger partial charge in [0.15, 0.2) is 11.0 Å². The molecule has 1 amide bonds. The summed E-state index contributed by atoms with van der Waals surface area (Å²) >= 11 is 1.33. The summed E-state index contributed by atoms with van der Waals surface area (Å²) in [5.74, 6) is -1.58. The van der Waals surface area contributed by atoms with E-state index in [4.69, 9.17) is 4.74 Å². The van der Waals surface area contributed by atoms with Gasteiger partial charge in [0.1, 0.15) is 17.7 Å². The van der Waals surface area contributed by atoms with E-state index in [0.29, 0.717) is 16.2 Å². The van der Waals surface area contributed by atoms with Crippen LogP contribution in [0.4, 0.5) is 5.69 Å². The lowest BCUT2D eigenvalue weighted by molar-refractivity contribution is -0.157. The van der Waals surface area contributed by atoms with Gasteiger partial charge in [0.2, 0.25) is 5.91 Å². The summed E-state index contributed by atoms with van der Waals surface area (Å²) in [6, 6.07) is 9.43. The number of fused-ring (bicyclic) bond motifs is 1. The minimum atomic E-state index is -1.51. The van der Waals surface area contributed by atoms with Crippen molar-refractivity contribution in [2.24, 2.45) is 5.92 Å². The normalized spacial score (nSPS) is 23.9. The molecule has 2 N–H and O–H groups in total. The van der Waals surface area contributed by atoms with Crippen molar-refractivity contribution in [2.75, 3.05) is 24.1 Å². The molecule has 5 rings (SSSR count). The molecule has 0 saturated carbocycles. The highest BCUT2D eigenvalue weighted by atomic mass is 32.2. The van der Waals surface area contributed by atoms with E-state index in [1.165, 1.54) is 22.7 Å². The third-order valence-corrected chi connectivity index (χ3v) is 9.09. The van der Waals surface area contributed by atoms with E-state index < -0.39 is 34.4 Å². The standard InChI is InChI=1S/C24H24N2O6S2/c1-3-11-32-24(30)21-17(33-23-19(13(2)28)22(29)26(21)23)12-25-16-6-4-5-15-14(9-10-27)7-8-18(20(15)16)34(25)31/h3-8,13,19,23,27-28H,1,9-12H2,2H3. The molecule has 1 saturated heterocycles. The largest absolute Gasteiger partial charge is 0.457 e. The van der Waals surface area contributed by atoms with Crippen molar-refractivity contribution in [1.29, 1.82) is 0 Å². The molecule has 4 unspecified atom stereocenters. The Morgan fingerprint density at radius 2 is 2.15 bits per heavy atom. The van der Waals surface area contributed by atoms with Gasteiger partial charge in [0, 0.05) is 16.9 Å². The summed E-state index contributed by atoms with van der Waals surface area (Å²) in [6.45, 7) is 5.28. The molecule has 0 bridgehead atoms. The number of amides is 1. The van der Waals surface area contributed by atoms with Crippen LogP contribution >= 0.6 is 11.8 Å². The zero-order chi connectivity index (χ0) is 24.1. The van der Waals surface area contributed by atoms with Crippen LogP contribution in [0, 0.1) is 5.92 Å². The number of rotatable bonds is 8. The fraction of sp³-hybridized carbons (Fsp3) is 0.333. The first-order chi connectivity index (χ1) is 16.4. The van der Waals surface area contributed by atoms with Crippen LogP contribution in [0.15, 0.2) is 58.5 Å². The molecule has 10 heteroatoms. The highest BCUT2D eigenvalue weighted by Gasteiger charge is 2.58. The van der Waals surface area contributed by atoms with Gasteiger partial charge in [0.05, 0.1) is 29.1 Å². The third kappa shape index (κ3) is 3.39. The second-order valence-corrected chi connectivity index (χ2v) is 10.9. The average Bonchev–Trinajstić information content (AvgIpc) is 3.27. The van der Waals surface area contributed by atoms with Crippen molar-refractivity contribution in [3.63, 3.8) is 0 Å². The number of carbonyl (C=O) groups is 2. The average molecular weight is 501 g/mol. The maximum absolute atomic E-state index is 13.5. The highest BCUT2D eigenvalue weighted by molar-refractivity contribution is 8.04. The topological polar surface area (TPSA) is 107 Å². The molecule has 8 nitrogen and oxygen atoms in total. The Bertz CT molecular complexity index is 1270. The molecular weight excluding hydrogens is 476 g/mol. The molecule has 178 valence electrons. The number of aliphatic hydroxyl groups excluding tert-OH is 2. The minimum absolute atomic E-state index is 0.000829. The van der Waals surface area contributed by atoms with E-state index in [9.17, 15) is 24.0 Å². The van der Waals surface area contributed by atoms with Crippen molar-refractivity contribution in [3.8, 4) is 0 Å². The molecular formula is C24H24N2O6S2. The Morgan fingerprint density at radius 3 is 2.85 bits per heavy atom. The number of carbonyl (C=O) groups excluding carboxylic acids is 2. The number of anilines is 1. The third-order valence-electron chi connectivity index (χ3n) is 6.29. The summed E-state index contributed by atoms with van der Waals surface area (Å²) in [5.41, 5.74) is 1.88. The van der Waals surface area contributed by atoms with E-state index in [2.05, 4.69) is 6.58 Å². The minimum Gasteiger partial charge on any atom is -0.457 e. The van der Waals surface area contributed by atoms with E-state index in [1.54, 1.807) is 11.2 Å². The summed E-state index contributed by atoms with van der Waals surface area (Å²) in [4.78, 5) is 28.3. The summed E-state index contributed by atoms with van der Waals surface area (Å²) in [7, 11) is -1.51. The maximum atomic E-state index is 13.5. The summed E-state index contributed by atoms with van der Waals surface area (Å²) < 4.78 is 20.5. The van der Waals surface area contributed by atoms with E-state index >= 15 is 0 Å². The lowest BCUT2D eigenvalue weighted by Gasteiger charge is -2.43. The fourth-order valence-corrected chi connectivity index (χ4v) is 7.81. The molecule has 0 aromatic heterocycles. The van der Waals surface area contributed by atoms with Gasteiger partial charge in [-0.25, -0.2) is 9.00 Å². The summed E-state index contributed by atoms with van der Waals surface area (Å²) in [6.07, 6.45) is 1.09. The molecule has 2 aromatic rings. The Morgan fingerprint density at radius 1 is 1.35 bits per heavy atom. The second-order valence-electron chi connectivity index (χ2n) is 8.32. The molecule has 4 atom stereocenters. The van der Waals surface area contributed by atoms with Crippen molar-refractivity contribution < 1.29 is 28.7 Å². The first-order valence-electron chi connectivity index (χ1n) is 10.9. The van der Waals surface area contributed by atoms with Crippen LogP contribution in [-0.4, -0.2) is 62.4 Å². The molecule has 34 heavy (non-hydrogen) atoms. The van der Waals surface area contributed by atoms with Crippen LogP contribution < -0.4 is 4.31 Å². The van der Waals surface area contributed by atoms with Gasteiger partial charge in [-0.15, -0.1) is 0 Å². The number of esters is 1. The van der Waals surface area contributed by atoms with Crippen molar-refractivity contribution in [3.05, 3.63) is 59.2 Å². The molecule has 0 spiro atoms. The van der Waals surface area contributed by atoms with Crippen LogP contribution in [0.3, 0.4) is 0 Å². The Kier molecular flexibility index (Phi) is 6.01. The number of β-lactam (4-membered cyclic amide) rings is 1. The number of thioether (sulfide) groups is 1. The Balaban J connectivity index is 1.54. The zero-order valence-corrected chi connectivity index (χ0v) is 20.1. The van der Waals surface area contributed by atoms with Crippen molar-refractivity contribution >= 4 is 51.1 Å². The van der Waals surface area contributed by atoms with E-state index in [0.717, 1.165) is 22.0 Å². The quantitative estimate of drug-likeness (QED) is 0.325. The first-order valence-corrected chi connectivity index (χ1v) is 12.9. The molecule has 0 aliphatic carbocycles. The fourth-order valence-electron chi connectivity index (χ4n) is 4.75. The molecule has 0 radical (unpaired) electrons. The van der Waals surface area contributed by atoms with Gasteiger partial charge in [-0.1, -0.05) is 42.6 Å². The van der Waals surface area contributed by atoms with Crippen LogP contribution in [0.2, 0.25) is 0 Å². The van der Waals surface area contributed by atoms with E-state index in [1.807, 2.05) is 30.3 Å². The number of aliphatic hydroxyl groups is 2. The zero-order valence-electron chi connectivity index (χ0n) is 18.5. The molecule has 2 aromatic carbocycles. The second kappa shape index (κ2) is 8.84. The highest BCUT2D eigenvalue weighted by Crippen LogP contribution is 2.52. The van der Waals surface area contributed by atoms with Gasteiger partial charge in [-0.3, -0.25) is 14.0 Å². The van der Waals surface area contributed by atoms with Gasteiger partial charge in [-0.2, -0.15) is 0 Å². The molecule has 3 aliphatic rings. The van der Waals surface area contributed by atoms with E-state index in [-0.39, 0.29) is 31.4 Å². The van der Waals surface area contributed by atoms with Crippen molar-refractivity contribution in [1.82, 2.24) is 4.90 Å². The van der Waals surface area contributed by atoms with Crippen LogP contribution in [0.5, 0.6) is 0 Å². The lowest BCUT2D eigenvalue weighted by Crippen LogP contribution is -2.60. The predicted molar refractivity (Wildman–Crippen MR) is 130 cm³/mol. The first kappa shape index (κ1) is 23.1. The predicted octanol–water partition coefficient (Wildman–Crippen LogP) is 2.07. The number of benzene rings is 2. The van der Waals surface area contributed by atoms with Gasteiger partial charge < -0.3 is 14.9 Å². The van der Waals surface area contributed by atoms with Gasteiger partial charge in [-0.05, 0) is 36.4 Å². The van der Waals surface area contributed by atoms with Crippen LogP contribution in [-0.2, 0) is 31.7 Å². The number of nitrogens with zero attached hydrogens (tertiary/aromatic N) is 2. The molecule has 1 fully saturated rings. The number of ether oxygens (including phenoxy) is 1. The smallest absolute Gasteiger partial charge is 0.356 e. The lowest BCUT2D eigenvalue weighted by atomic mass is 9.92. The SMILES string of the molecule is C=CCOC(=O)C1=C(CN2c3cccc4c(CCO)ccc(c34)S2=O)SC2C(C(C)O)C(=O)N12. The maximum Gasteiger partial charge on any atom is 0.356 e. The van der Waals surface area contributed by atoms with Crippen LogP contribution in [0.1, 0.15) is 12.5 Å². The summed E-state index contributed by atoms with van der Waals surface area (Å²) in [5, 5.41) is 20.9. The monoisotopic (exact) mass is 500 g/mol. The number of hydrogen-bond donors (Lipinski definition) is 2. The Labute approximate surface area is 203 Å². The number of hydrogen-bond acceptors (Lipinski definition) is 7. The van der Waals surface area contributed by atoms with Crippen molar-refractivity contribution in [2.45, 2.75) is 29.7 Å². The Hall–Kier alpha value is -2.66.